The van der Waals surface area contributed by atoms with E-state index < -0.39 is 0 Å². The maximum atomic E-state index is 5.98. The van der Waals surface area contributed by atoms with Crippen molar-refractivity contribution >= 4 is 5.69 Å². The summed E-state index contributed by atoms with van der Waals surface area (Å²) in [6.07, 6.45) is 0. The summed E-state index contributed by atoms with van der Waals surface area (Å²) in [5.41, 5.74) is 2.13. The highest BCUT2D eigenvalue weighted by atomic mass is 16.5. The maximum absolute atomic E-state index is 5.98. The Labute approximate surface area is 170 Å². The number of benzene rings is 2. The number of piperazine rings is 1. The monoisotopic (exact) mass is 395 g/mol. The van der Waals surface area contributed by atoms with Gasteiger partial charge in [0.25, 0.3) is 5.89 Å². The standard InChI is InChI=1S/C22H26N4O3/c1-16(21-23-24-22(29-21)17-4-8-19(27-2)9-5-17)25-12-14-26(15-13-25)18-6-10-20(28-3)11-7-18/h4-11,16H,12-15H2,1-3H3/p+1/t16-/m1/s1. The Morgan fingerprint density at radius 3 is 2.07 bits per heavy atom. The van der Waals surface area contributed by atoms with Crippen LogP contribution in [0.2, 0.25) is 0 Å². The van der Waals surface area contributed by atoms with Crippen LogP contribution in [0.5, 0.6) is 11.5 Å². The molecule has 0 saturated carbocycles. The molecule has 0 aliphatic carbocycles. The van der Waals surface area contributed by atoms with E-state index in [1.165, 1.54) is 10.6 Å². The summed E-state index contributed by atoms with van der Waals surface area (Å²) in [5.74, 6) is 2.92. The first-order valence-corrected chi connectivity index (χ1v) is 9.89. The largest absolute Gasteiger partial charge is 0.497 e. The maximum Gasteiger partial charge on any atom is 0.274 e. The van der Waals surface area contributed by atoms with E-state index in [1.54, 1.807) is 14.2 Å². The Bertz CT molecular complexity index is 916. The van der Waals surface area contributed by atoms with Crippen molar-refractivity contribution in [1.29, 1.82) is 0 Å². The smallest absolute Gasteiger partial charge is 0.274 e. The Morgan fingerprint density at radius 1 is 0.897 bits per heavy atom. The lowest BCUT2D eigenvalue weighted by atomic mass is 10.2. The fourth-order valence-corrected chi connectivity index (χ4v) is 3.71. The molecule has 1 saturated heterocycles. The van der Waals surface area contributed by atoms with Crippen LogP contribution in [0.25, 0.3) is 11.5 Å². The Kier molecular flexibility index (Phi) is 5.67. The van der Waals surface area contributed by atoms with Gasteiger partial charge in [0.05, 0.1) is 40.4 Å². The predicted octanol–water partition coefficient (Wildman–Crippen LogP) is 2.22. The van der Waals surface area contributed by atoms with Crippen LogP contribution < -0.4 is 19.3 Å². The number of nitrogens with one attached hydrogen (secondary N) is 1. The number of quaternary nitrogens is 1. The van der Waals surface area contributed by atoms with Crippen LogP contribution in [-0.4, -0.2) is 50.6 Å². The van der Waals surface area contributed by atoms with Gasteiger partial charge in [-0.25, -0.2) is 0 Å². The lowest BCUT2D eigenvalue weighted by Gasteiger charge is -2.35. The topological polar surface area (TPSA) is 65.1 Å². The molecule has 7 heteroatoms. The van der Waals surface area contributed by atoms with Gasteiger partial charge in [-0.3, -0.25) is 0 Å². The number of aromatic nitrogens is 2. The molecule has 0 radical (unpaired) electrons. The average Bonchev–Trinajstić information content (AvgIpc) is 3.29. The number of hydrogen-bond donors (Lipinski definition) is 1. The molecule has 1 aliphatic rings. The minimum atomic E-state index is 0.160. The third kappa shape index (κ3) is 4.19. The van der Waals surface area contributed by atoms with Crippen LogP contribution in [0.3, 0.4) is 0 Å². The van der Waals surface area contributed by atoms with E-state index in [4.69, 9.17) is 13.9 Å². The summed E-state index contributed by atoms with van der Waals surface area (Å²) in [6.45, 7) is 6.18. The van der Waals surface area contributed by atoms with Crippen LogP contribution in [-0.2, 0) is 0 Å². The zero-order chi connectivity index (χ0) is 20.2. The number of rotatable bonds is 6. The predicted molar refractivity (Wildman–Crippen MR) is 111 cm³/mol. The van der Waals surface area contributed by atoms with Gasteiger partial charge in [-0.15, -0.1) is 10.2 Å². The molecule has 1 fully saturated rings. The van der Waals surface area contributed by atoms with Gasteiger partial charge in [0.1, 0.15) is 11.5 Å². The number of anilines is 1. The SMILES string of the molecule is COc1ccc(-c2nnc([C@@H](C)[NH+]3CCN(c4ccc(OC)cc4)CC3)o2)cc1. The molecule has 2 aromatic carbocycles. The summed E-state index contributed by atoms with van der Waals surface area (Å²) >= 11 is 0. The van der Waals surface area contributed by atoms with Crippen LogP contribution >= 0.6 is 0 Å². The second kappa shape index (κ2) is 8.53. The first-order valence-electron chi connectivity index (χ1n) is 9.89. The van der Waals surface area contributed by atoms with Crippen LogP contribution in [0, 0.1) is 0 Å². The van der Waals surface area contributed by atoms with E-state index in [-0.39, 0.29) is 6.04 Å². The zero-order valence-electron chi connectivity index (χ0n) is 17.1. The summed E-state index contributed by atoms with van der Waals surface area (Å²) < 4.78 is 16.4. The summed E-state index contributed by atoms with van der Waals surface area (Å²) in [5, 5.41) is 8.55. The molecule has 7 nitrogen and oxygen atoms in total. The quantitative estimate of drug-likeness (QED) is 0.691. The van der Waals surface area contributed by atoms with Crippen molar-refractivity contribution in [1.82, 2.24) is 10.2 Å². The first-order chi connectivity index (χ1) is 14.2. The van der Waals surface area contributed by atoms with E-state index in [0.717, 1.165) is 43.2 Å². The van der Waals surface area contributed by atoms with Crippen molar-refractivity contribution in [2.45, 2.75) is 13.0 Å². The van der Waals surface area contributed by atoms with E-state index in [0.29, 0.717) is 11.8 Å². The third-order valence-corrected chi connectivity index (χ3v) is 5.60. The normalized spacial score (nSPS) is 15.9. The van der Waals surface area contributed by atoms with E-state index in [2.05, 4.69) is 34.2 Å². The molecule has 4 rings (SSSR count). The van der Waals surface area contributed by atoms with E-state index in [9.17, 15) is 0 Å². The highest BCUT2D eigenvalue weighted by Gasteiger charge is 2.29. The van der Waals surface area contributed by atoms with Crippen molar-refractivity contribution in [2.75, 3.05) is 45.3 Å². The third-order valence-electron chi connectivity index (χ3n) is 5.60. The van der Waals surface area contributed by atoms with Gasteiger partial charge in [0, 0.05) is 11.3 Å². The van der Waals surface area contributed by atoms with Gasteiger partial charge in [0.15, 0.2) is 6.04 Å². The lowest BCUT2D eigenvalue weighted by Crippen LogP contribution is -3.14. The molecule has 152 valence electrons. The van der Waals surface area contributed by atoms with Gasteiger partial charge >= 0.3 is 0 Å². The fraction of sp³-hybridized carbons (Fsp3) is 0.364. The Morgan fingerprint density at radius 2 is 1.48 bits per heavy atom. The molecular weight excluding hydrogens is 368 g/mol. The summed E-state index contributed by atoms with van der Waals surface area (Å²) in [6, 6.07) is 16.1. The van der Waals surface area contributed by atoms with Crippen molar-refractivity contribution in [2.24, 2.45) is 0 Å². The highest BCUT2D eigenvalue weighted by Crippen LogP contribution is 2.23. The molecule has 0 spiro atoms. The van der Waals surface area contributed by atoms with Crippen LogP contribution in [0.4, 0.5) is 5.69 Å². The van der Waals surface area contributed by atoms with Crippen molar-refractivity contribution in [3.05, 3.63) is 54.4 Å². The molecule has 1 atom stereocenters. The molecule has 0 bridgehead atoms. The van der Waals surface area contributed by atoms with Crippen molar-refractivity contribution in [3.8, 4) is 23.0 Å². The van der Waals surface area contributed by atoms with Crippen molar-refractivity contribution in [3.63, 3.8) is 0 Å². The molecule has 1 aromatic heterocycles. The molecule has 3 aromatic rings. The Balaban J connectivity index is 1.38. The zero-order valence-corrected chi connectivity index (χ0v) is 17.1. The summed E-state index contributed by atoms with van der Waals surface area (Å²) in [4.78, 5) is 3.87. The van der Waals surface area contributed by atoms with Crippen LogP contribution in [0.1, 0.15) is 18.9 Å². The molecule has 1 N–H and O–H groups in total. The number of nitrogens with zero attached hydrogens (tertiary/aromatic N) is 3. The van der Waals surface area contributed by atoms with Crippen LogP contribution in [0.15, 0.2) is 52.9 Å². The molecule has 0 amide bonds. The summed E-state index contributed by atoms with van der Waals surface area (Å²) in [7, 11) is 3.34. The van der Waals surface area contributed by atoms with Crippen molar-refractivity contribution < 1.29 is 18.8 Å². The van der Waals surface area contributed by atoms with Gasteiger partial charge in [-0.2, -0.15) is 0 Å². The van der Waals surface area contributed by atoms with Gasteiger partial charge < -0.3 is 23.7 Å². The first kappa shape index (κ1) is 19.3. The second-order valence-corrected chi connectivity index (χ2v) is 7.24. The molecule has 29 heavy (non-hydrogen) atoms. The van der Waals surface area contributed by atoms with E-state index in [1.807, 2.05) is 36.4 Å². The average molecular weight is 395 g/mol. The fourth-order valence-electron chi connectivity index (χ4n) is 3.71. The number of ether oxygens (including phenoxy) is 2. The molecule has 2 heterocycles. The number of methoxy groups -OCH3 is 2. The minimum absolute atomic E-state index is 0.160. The van der Waals surface area contributed by atoms with E-state index >= 15 is 0 Å². The lowest BCUT2D eigenvalue weighted by molar-refractivity contribution is -0.931. The molecule has 1 aliphatic heterocycles. The number of hydrogen-bond acceptors (Lipinski definition) is 6. The highest BCUT2D eigenvalue weighted by molar-refractivity contribution is 5.54. The Hall–Kier alpha value is -3.06. The molecular formula is C22H27N4O3+. The molecule has 0 unspecified atom stereocenters. The van der Waals surface area contributed by atoms with Gasteiger partial charge in [-0.1, -0.05) is 0 Å². The van der Waals surface area contributed by atoms with Gasteiger partial charge in [-0.05, 0) is 55.5 Å². The van der Waals surface area contributed by atoms with Gasteiger partial charge in [0.2, 0.25) is 5.89 Å². The second-order valence-electron chi connectivity index (χ2n) is 7.24. The minimum Gasteiger partial charge on any atom is -0.497 e.